The van der Waals surface area contributed by atoms with Gasteiger partial charge in [-0.3, -0.25) is 14.5 Å². The van der Waals surface area contributed by atoms with Crippen molar-refractivity contribution in [1.82, 2.24) is 5.32 Å². The third-order valence-electron chi connectivity index (χ3n) is 4.04. The van der Waals surface area contributed by atoms with E-state index in [4.69, 9.17) is 4.74 Å². The molecule has 1 aromatic carbocycles. The second-order valence-electron chi connectivity index (χ2n) is 5.91. The number of ether oxygens (including phenoxy) is 1. The molecule has 0 spiro atoms. The molecule has 0 saturated carbocycles. The van der Waals surface area contributed by atoms with Crippen LogP contribution in [0.2, 0.25) is 0 Å². The first-order valence-corrected chi connectivity index (χ1v) is 7.94. The lowest BCUT2D eigenvalue weighted by Gasteiger charge is -2.24. The summed E-state index contributed by atoms with van der Waals surface area (Å²) >= 11 is 0. The molecule has 3 rings (SSSR count). The number of cyclic esters (lactones) is 1. The van der Waals surface area contributed by atoms with Crippen LogP contribution in [0.25, 0.3) is 0 Å². The monoisotopic (exact) mass is 347 g/mol. The SMILES string of the molecule is CC(=O)NCC1CN(c2ccc(N3C=CC(=O)CC3)c(F)c2)C(=O)O1. The number of hydrogen-bond acceptors (Lipinski definition) is 5. The van der Waals surface area contributed by atoms with Crippen molar-refractivity contribution in [3.63, 3.8) is 0 Å². The number of allylic oxidation sites excluding steroid dienone is 1. The number of ketones is 1. The number of amides is 2. The molecule has 0 aromatic heterocycles. The van der Waals surface area contributed by atoms with Crippen LogP contribution in [0.3, 0.4) is 0 Å². The Hall–Kier alpha value is -2.90. The second kappa shape index (κ2) is 6.92. The molecule has 1 saturated heterocycles. The zero-order valence-electron chi connectivity index (χ0n) is 13.7. The van der Waals surface area contributed by atoms with Crippen molar-refractivity contribution in [1.29, 1.82) is 0 Å². The number of benzene rings is 1. The third kappa shape index (κ3) is 3.78. The Kier molecular flexibility index (Phi) is 4.69. The van der Waals surface area contributed by atoms with Gasteiger partial charge in [0.2, 0.25) is 5.91 Å². The zero-order valence-corrected chi connectivity index (χ0v) is 13.7. The Labute approximate surface area is 144 Å². The molecule has 0 radical (unpaired) electrons. The molecule has 1 aromatic rings. The average Bonchev–Trinajstić information content (AvgIpc) is 2.95. The summed E-state index contributed by atoms with van der Waals surface area (Å²) in [5.41, 5.74) is 0.725. The summed E-state index contributed by atoms with van der Waals surface area (Å²) in [6.07, 6.45) is 2.25. The average molecular weight is 347 g/mol. The molecule has 7 nitrogen and oxygen atoms in total. The first kappa shape index (κ1) is 16.9. The number of anilines is 2. The predicted octanol–water partition coefficient (Wildman–Crippen LogP) is 1.58. The fourth-order valence-electron chi connectivity index (χ4n) is 2.76. The van der Waals surface area contributed by atoms with E-state index >= 15 is 0 Å². The smallest absolute Gasteiger partial charge is 0.414 e. The molecule has 2 aliphatic rings. The van der Waals surface area contributed by atoms with Crippen molar-refractivity contribution in [2.45, 2.75) is 19.4 Å². The topological polar surface area (TPSA) is 79.0 Å². The summed E-state index contributed by atoms with van der Waals surface area (Å²) in [4.78, 5) is 37.1. The van der Waals surface area contributed by atoms with Gasteiger partial charge < -0.3 is 15.0 Å². The van der Waals surface area contributed by atoms with E-state index in [0.29, 0.717) is 24.3 Å². The van der Waals surface area contributed by atoms with Gasteiger partial charge in [0.15, 0.2) is 5.78 Å². The molecule has 25 heavy (non-hydrogen) atoms. The summed E-state index contributed by atoms with van der Waals surface area (Å²) in [6.45, 7) is 2.24. The molecule has 2 heterocycles. The number of halogens is 1. The maximum absolute atomic E-state index is 14.5. The van der Waals surface area contributed by atoms with Crippen LogP contribution >= 0.6 is 0 Å². The number of rotatable bonds is 4. The number of carbonyl (C=O) groups excluding carboxylic acids is 3. The fraction of sp³-hybridized carbons (Fsp3) is 0.353. The van der Waals surface area contributed by atoms with Gasteiger partial charge in [-0.05, 0) is 24.3 Å². The predicted molar refractivity (Wildman–Crippen MR) is 88.8 cm³/mol. The van der Waals surface area contributed by atoms with Crippen LogP contribution in [0.5, 0.6) is 0 Å². The summed E-state index contributed by atoms with van der Waals surface area (Å²) in [5.74, 6) is -0.689. The van der Waals surface area contributed by atoms with Crippen molar-refractivity contribution < 1.29 is 23.5 Å². The molecule has 2 amide bonds. The third-order valence-corrected chi connectivity index (χ3v) is 4.04. The minimum Gasteiger partial charge on any atom is -0.442 e. The highest BCUT2D eigenvalue weighted by atomic mass is 19.1. The highest BCUT2D eigenvalue weighted by Gasteiger charge is 2.32. The van der Waals surface area contributed by atoms with E-state index in [1.807, 2.05) is 0 Å². The van der Waals surface area contributed by atoms with Gasteiger partial charge in [0, 0.05) is 26.1 Å². The zero-order chi connectivity index (χ0) is 18.0. The minimum absolute atomic E-state index is 0.0123. The van der Waals surface area contributed by atoms with Crippen molar-refractivity contribution in [3.05, 3.63) is 36.3 Å². The Morgan fingerprint density at radius 2 is 2.20 bits per heavy atom. The molecular formula is C17H18FN3O4. The molecule has 1 unspecified atom stereocenters. The first-order chi connectivity index (χ1) is 11.9. The molecule has 1 fully saturated rings. The number of hydrogen-bond donors (Lipinski definition) is 1. The second-order valence-corrected chi connectivity index (χ2v) is 5.91. The van der Waals surface area contributed by atoms with Crippen LogP contribution in [-0.4, -0.2) is 43.5 Å². The molecule has 1 N–H and O–H groups in total. The molecule has 0 bridgehead atoms. The first-order valence-electron chi connectivity index (χ1n) is 7.94. The molecule has 132 valence electrons. The lowest BCUT2D eigenvalue weighted by Crippen LogP contribution is -2.33. The molecular weight excluding hydrogens is 329 g/mol. The Balaban J connectivity index is 1.72. The Morgan fingerprint density at radius 1 is 1.40 bits per heavy atom. The molecule has 2 aliphatic heterocycles. The largest absolute Gasteiger partial charge is 0.442 e. The lowest BCUT2D eigenvalue weighted by molar-refractivity contribution is -0.119. The van der Waals surface area contributed by atoms with E-state index in [9.17, 15) is 18.8 Å². The van der Waals surface area contributed by atoms with E-state index in [1.165, 1.54) is 24.0 Å². The summed E-state index contributed by atoms with van der Waals surface area (Å²) in [5, 5.41) is 2.59. The standard InChI is InChI=1S/C17H18FN3O4/c1-11(22)19-9-14-10-21(17(24)25-14)12-2-3-16(15(18)8-12)20-6-4-13(23)5-7-20/h2-4,6,8,14H,5,7,9-10H2,1H3,(H,19,22). The van der Waals surface area contributed by atoms with E-state index in [1.54, 1.807) is 23.2 Å². The van der Waals surface area contributed by atoms with Gasteiger partial charge in [-0.25, -0.2) is 9.18 Å². The highest BCUT2D eigenvalue weighted by molar-refractivity contribution is 5.92. The van der Waals surface area contributed by atoms with Crippen molar-refractivity contribution in [2.24, 2.45) is 0 Å². The highest BCUT2D eigenvalue weighted by Crippen LogP contribution is 2.28. The normalized spacial score (nSPS) is 20.0. The van der Waals surface area contributed by atoms with E-state index in [-0.39, 0.29) is 24.8 Å². The van der Waals surface area contributed by atoms with Gasteiger partial charge in [-0.1, -0.05) is 0 Å². The van der Waals surface area contributed by atoms with Crippen molar-refractivity contribution >= 4 is 29.2 Å². The van der Waals surface area contributed by atoms with Crippen LogP contribution in [0, 0.1) is 5.82 Å². The lowest BCUT2D eigenvalue weighted by atomic mass is 10.1. The maximum Gasteiger partial charge on any atom is 0.414 e. The van der Waals surface area contributed by atoms with E-state index < -0.39 is 18.0 Å². The van der Waals surface area contributed by atoms with Crippen LogP contribution in [-0.2, 0) is 14.3 Å². The van der Waals surface area contributed by atoms with Gasteiger partial charge in [0.05, 0.1) is 24.5 Å². The maximum atomic E-state index is 14.5. The van der Waals surface area contributed by atoms with Crippen LogP contribution < -0.4 is 15.1 Å². The number of nitrogens with one attached hydrogen (secondary N) is 1. The van der Waals surface area contributed by atoms with Crippen molar-refractivity contribution in [2.75, 3.05) is 29.4 Å². The number of carbonyl (C=O) groups is 3. The fourth-order valence-corrected chi connectivity index (χ4v) is 2.76. The minimum atomic E-state index is -0.578. The van der Waals surface area contributed by atoms with Crippen LogP contribution in [0.1, 0.15) is 13.3 Å². The van der Waals surface area contributed by atoms with E-state index in [0.717, 1.165) is 0 Å². The van der Waals surface area contributed by atoms with Gasteiger partial charge in [0.25, 0.3) is 0 Å². The number of nitrogens with zero attached hydrogens (tertiary/aromatic N) is 2. The van der Waals surface area contributed by atoms with Crippen LogP contribution in [0.4, 0.5) is 20.6 Å². The van der Waals surface area contributed by atoms with Gasteiger partial charge in [0.1, 0.15) is 11.9 Å². The summed E-state index contributed by atoms with van der Waals surface area (Å²) in [7, 11) is 0. The molecule has 0 aliphatic carbocycles. The van der Waals surface area contributed by atoms with Crippen LogP contribution in [0.15, 0.2) is 30.5 Å². The Bertz CT molecular complexity index is 749. The summed E-state index contributed by atoms with van der Waals surface area (Å²) in [6, 6.07) is 4.46. The van der Waals surface area contributed by atoms with E-state index in [2.05, 4.69) is 5.32 Å². The van der Waals surface area contributed by atoms with Gasteiger partial charge in [-0.15, -0.1) is 0 Å². The summed E-state index contributed by atoms with van der Waals surface area (Å²) < 4.78 is 19.6. The van der Waals surface area contributed by atoms with Gasteiger partial charge >= 0.3 is 6.09 Å². The molecule has 8 heteroatoms. The van der Waals surface area contributed by atoms with Gasteiger partial charge in [-0.2, -0.15) is 0 Å². The molecule has 1 atom stereocenters. The Morgan fingerprint density at radius 3 is 2.84 bits per heavy atom. The van der Waals surface area contributed by atoms with Crippen molar-refractivity contribution in [3.8, 4) is 0 Å². The quantitative estimate of drug-likeness (QED) is 0.895.